The van der Waals surface area contributed by atoms with Crippen molar-refractivity contribution in [3.05, 3.63) is 0 Å². The van der Waals surface area contributed by atoms with E-state index in [9.17, 15) is 14.7 Å². The molecule has 20 heavy (non-hydrogen) atoms. The van der Waals surface area contributed by atoms with Gasteiger partial charge < -0.3 is 10.4 Å². The molecule has 2 atom stereocenters. The van der Waals surface area contributed by atoms with Gasteiger partial charge in [0, 0.05) is 6.04 Å². The van der Waals surface area contributed by atoms with Gasteiger partial charge in [0.1, 0.15) is 6.04 Å². The summed E-state index contributed by atoms with van der Waals surface area (Å²) in [5.41, 5.74) is 0. The van der Waals surface area contributed by atoms with Crippen LogP contribution in [0.5, 0.6) is 0 Å². The molecule has 0 spiro atoms. The van der Waals surface area contributed by atoms with Crippen LogP contribution in [0.2, 0.25) is 0 Å². The second-order valence-electron chi connectivity index (χ2n) is 6.28. The van der Waals surface area contributed by atoms with E-state index in [4.69, 9.17) is 0 Å². The zero-order chi connectivity index (χ0) is 14.5. The molecular weight excluding hydrogens is 256 g/mol. The molecule has 2 rings (SSSR count). The summed E-state index contributed by atoms with van der Waals surface area (Å²) in [4.78, 5) is 25.3. The van der Waals surface area contributed by atoms with Crippen LogP contribution in [0, 0.1) is 5.92 Å². The summed E-state index contributed by atoms with van der Waals surface area (Å²) in [6, 6.07) is -0.220. The highest BCUT2D eigenvalue weighted by molar-refractivity contribution is 5.80. The summed E-state index contributed by atoms with van der Waals surface area (Å²) in [6.45, 7) is 2.89. The Hall–Kier alpha value is -1.10. The first-order valence-electron chi connectivity index (χ1n) is 7.84. The summed E-state index contributed by atoms with van der Waals surface area (Å²) in [5.74, 6) is -0.705. The van der Waals surface area contributed by atoms with Gasteiger partial charge in [0.15, 0.2) is 0 Å². The fourth-order valence-corrected chi connectivity index (χ4v) is 3.55. The Balaban J connectivity index is 1.86. The van der Waals surface area contributed by atoms with E-state index in [1.807, 2.05) is 11.8 Å². The number of carboxylic acids is 1. The van der Waals surface area contributed by atoms with Crippen LogP contribution >= 0.6 is 0 Å². The van der Waals surface area contributed by atoms with Gasteiger partial charge >= 0.3 is 5.97 Å². The minimum absolute atomic E-state index is 0.0164. The third-order valence-corrected chi connectivity index (χ3v) is 4.61. The number of rotatable bonds is 4. The van der Waals surface area contributed by atoms with Gasteiger partial charge in [0.2, 0.25) is 5.91 Å². The van der Waals surface area contributed by atoms with Crippen LogP contribution in [0.1, 0.15) is 51.9 Å². The fourth-order valence-electron chi connectivity index (χ4n) is 3.55. The molecule has 1 aliphatic heterocycles. The second kappa shape index (κ2) is 7.07. The molecule has 0 aromatic heterocycles. The summed E-state index contributed by atoms with van der Waals surface area (Å²) in [7, 11) is 0. The smallest absolute Gasteiger partial charge is 0.321 e. The molecule has 5 heteroatoms. The van der Waals surface area contributed by atoms with Gasteiger partial charge in [-0.2, -0.15) is 0 Å². The Morgan fingerprint density at radius 1 is 1.15 bits per heavy atom. The molecule has 0 aromatic rings. The molecule has 2 N–H and O–H groups in total. The quantitative estimate of drug-likeness (QED) is 0.822. The van der Waals surface area contributed by atoms with Crippen LogP contribution in [0.25, 0.3) is 0 Å². The van der Waals surface area contributed by atoms with E-state index >= 15 is 0 Å². The maximum Gasteiger partial charge on any atom is 0.321 e. The Morgan fingerprint density at radius 2 is 1.85 bits per heavy atom. The Bertz CT molecular complexity index is 353. The first-order chi connectivity index (χ1) is 9.58. The van der Waals surface area contributed by atoms with Gasteiger partial charge in [-0.15, -0.1) is 0 Å². The van der Waals surface area contributed by atoms with E-state index in [-0.39, 0.29) is 18.4 Å². The number of likely N-dealkylation sites (tertiary alicyclic amines) is 1. The van der Waals surface area contributed by atoms with Crippen LogP contribution in [-0.2, 0) is 9.59 Å². The summed E-state index contributed by atoms with van der Waals surface area (Å²) >= 11 is 0. The van der Waals surface area contributed by atoms with Gasteiger partial charge in [-0.05, 0) is 38.1 Å². The Labute approximate surface area is 120 Å². The first kappa shape index (κ1) is 15.3. The molecule has 1 heterocycles. The molecule has 2 aliphatic rings. The normalized spacial score (nSPS) is 29.1. The molecule has 1 amide bonds. The number of hydrogen-bond acceptors (Lipinski definition) is 3. The fraction of sp³-hybridized carbons (Fsp3) is 0.867. The van der Waals surface area contributed by atoms with Crippen LogP contribution in [-0.4, -0.2) is 47.1 Å². The summed E-state index contributed by atoms with van der Waals surface area (Å²) in [5, 5.41) is 12.4. The summed E-state index contributed by atoms with van der Waals surface area (Å²) in [6.07, 6.45) is 7.65. The van der Waals surface area contributed by atoms with Gasteiger partial charge in [-0.3, -0.25) is 14.5 Å². The van der Waals surface area contributed by atoms with Crippen molar-refractivity contribution in [2.24, 2.45) is 5.92 Å². The zero-order valence-electron chi connectivity index (χ0n) is 12.3. The third kappa shape index (κ3) is 3.95. The van der Waals surface area contributed by atoms with E-state index in [0.29, 0.717) is 12.6 Å². The van der Waals surface area contributed by atoms with E-state index in [1.165, 1.54) is 19.3 Å². The molecule has 1 saturated heterocycles. The highest BCUT2D eigenvalue weighted by atomic mass is 16.4. The molecule has 0 aromatic carbocycles. The highest BCUT2D eigenvalue weighted by Gasteiger charge is 2.35. The lowest BCUT2D eigenvalue weighted by atomic mass is 9.90. The second-order valence-corrected chi connectivity index (χ2v) is 6.28. The molecule has 0 bridgehead atoms. The van der Waals surface area contributed by atoms with E-state index in [1.54, 1.807) is 0 Å². The number of nitrogens with zero attached hydrogens (tertiary/aromatic N) is 1. The minimum atomic E-state index is -0.803. The molecule has 1 aliphatic carbocycles. The average molecular weight is 282 g/mol. The first-order valence-corrected chi connectivity index (χ1v) is 7.84. The molecule has 0 radical (unpaired) electrons. The molecule has 1 saturated carbocycles. The van der Waals surface area contributed by atoms with Crippen LogP contribution < -0.4 is 5.32 Å². The standard InChI is InChI=1S/C15H26N2O3/c1-11-6-5-9-17(14(11)15(19)20)10-13(18)16-12-7-3-2-4-8-12/h11-12,14H,2-10H2,1H3,(H,16,18)(H,19,20). The lowest BCUT2D eigenvalue weighted by Crippen LogP contribution is -2.53. The van der Waals surface area contributed by atoms with Crippen molar-refractivity contribution in [1.82, 2.24) is 10.2 Å². The van der Waals surface area contributed by atoms with E-state index in [0.717, 1.165) is 25.7 Å². The number of aliphatic carboxylic acids is 1. The summed E-state index contributed by atoms with van der Waals surface area (Å²) < 4.78 is 0. The third-order valence-electron chi connectivity index (χ3n) is 4.61. The van der Waals surface area contributed by atoms with E-state index in [2.05, 4.69) is 5.32 Å². The number of carbonyl (C=O) groups excluding carboxylic acids is 1. The maximum absolute atomic E-state index is 12.1. The Morgan fingerprint density at radius 3 is 2.50 bits per heavy atom. The topological polar surface area (TPSA) is 69.6 Å². The van der Waals surface area contributed by atoms with Crippen molar-refractivity contribution < 1.29 is 14.7 Å². The predicted octanol–water partition coefficient (Wildman–Crippen LogP) is 1.62. The van der Waals surface area contributed by atoms with E-state index < -0.39 is 12.0 Å². The average Bonchev–Trinajstić information content (AvgIpc) is 2.39. The van der Waals surface area contributed by atoms with Crippen molar-refractivity contribution in [1.29, 1.82) is 0 Å². The van der Waals surface area contributed by atoms with Crippen LogP contribution in [0.15, 0.2) is 0 Å². The Kier molecular flexibility index (Phi) is 5.40. The van der Waals surface area contributed by atoms with Crippen molar-refractivity contribution in [3.63, 3.8) is 0 Å². The lowest BCUT2D eigenvalue weighted by Gasteiger charge is -2.37. The number of carbonyl (C=O) groups is 2. The lowest BCUT2D eigenvalue weighted by molar-refractivity contribution is -0.147. The zero-order valence-corrected chi connectivity index (χ0v) is 12.3. The van der Waals surface area contributed by atoms with Crippen molar-refractivity contribution >= 4 is 11.9 Å². The molecule has 2 fully saturated rings. The highest BCUT2D eigenvalue weighted by Crippen LogP contribution is 2.23. The number of amides is 1. The maximum atomic E-state index is 12.1. The van der Waals surface area contributed by atoms with Crippen molar-refractivity contribution in [2.45, 2.75) is 64.0 Å². The number of hydrogen-bond donors (Lipinski definition) is 2. The van der Waals surface area contributed by atoms with Gasteiger partial charge in [-0.1, -0.05) is 26.2 Å². The number of piperidine rings is 1. The van der Waals surface area contributed by atoms with Gasteiger partial charge in [-0.25, -0.2) is 0 Å². The van der Waals surface area contributed by atoms with Gasteiger partial charge in [0.05, 0.1) is 6.54 Å². The molecule has 114 valence electrons. The SMILES string of the molecule is CC1CCCN(CC(=O)NC2CCCCC2)C1C(=O)O. The van der Waals surface area contributed by atoms with Crippen LogP contribution in [0.3, 0.4) is 0 Å². The molecular formula is C15H26N2O3. The van der Waals surface area contributed by atoms with Gasteiger partial charge in [0.25, 0.3) is 0 Å². The van der Waals surface area contributed by atoms with Crippen LogP contribution in [0.4, 0.5) is 0 Å². The predicted molar refractivity (Wildman–Crippen MR) is 76.4 cm³/mol. The van der Waals surface area contributed by atoms with Crippen molar-refractivity contribution in [2.75, 3.05) is 13.1 Å². The largest absolute Gasteiger partial charge is 0.480 e. The molecule has 5 nitrogen and oxygen atoms in total. The molecule has 2 unspecified atom stereocenters. The monoisotopic (exact) mass is 282 g/mol. The number of nitrogens with one attached hydrogen (secondary N) is 1. The number of carboxylic acid groups (broad SMARTS) is 1. The minimum Gasteiger partial charge on any atom is -0.480 e. The van der Waals surface area contributed by atoms with Crippen molar-refractivity contribution in [3.8, 4) is 0 Å².